The van der Waals surface area contributed by atoms with E-state index in [1.807, 2.05) is 13.2 Å². The predicted octanol–water partition coefficient (Wildman–Crippen LogP) is 0.494. The summed E-state index contributed by atoms with van der Waals surface area (Å²) < 4.78 is 17.1. The van der Waals surface area contributed by atoms with E-state index in [1.165, 1.54) is 11.8 Å². The van der Waals surface area contributed by atoms with Crippen LogP contribution in [0.1, 0.15) is 6.92 Å². The van der Waals surface area contributed by atoms with Gasteiger partial charge in [-0.3, -0.25) is 0 Å². The molecule has 1 aromatic rings. The van der Waals surface area contributed by atoms with E-state index < -0.39 is 11.7 Å². The second-order valence-electron chi connectivity index (χ2n) is 4.80. The summed E-state index contributed by atoms with van der Waals surface area (Å²) in [7, 11) is 0. The van der Waals surface area contributed by atoms with Crippen LogP contribution in [0.5, 0.6) is 5.88 Å². The van der Waals surface area contributed by atoms with Gasteiger partial charge in [-0.2, -0.15) is 4.98 Å². The fourth-order valence-corrected chi connectivity index (χ4v) is 2.81. The van der Waals surface area contributed by atoms with Crippen LogP contribution in [-0.2, 0) is 9.47 Å². The molecular formula is C12H16N2O4S. The number of hydrogen-bond acceptors (Lipinski definition) is 7. The number of aliphatic hydroxyl groups excluding tert-OH is 1. The van der Waals surface area contributed by atoms with Gasteiger partial charge < -0.3 is 19.3 Å². The van der Waals surface area contributed by atoms with Crippen molar-refractivity contribution < 1.29 is 19.3 Å². The molecule has 6 nitrogen and oxygen atoms in total. The van der Waals surface area contributed by atoms with Crippen molar-refractivity contribution in [3.63, 3.8) is 0 Å². The Bertz CT molecular complexity index is 475. The first-order valence-corrected chi connectivity index (χ1v) is 7.33. The Morgan fingerprint density at radius 1 is 1.53 bits per heavy atom. The van der Waals surface area contributed by atoms with Crippen LogP contribution >= 0.6 is 11.8 Å². The van der Waals surface area contributed by atoms with Gasteiger partial charge in [0.25, 0.3) is 0 Å². The minimum absolute atomic E-state index is 0.258. The van der Waals surface area contributed by atoms with E-state index in [1.54, 1.807) is 12.3 Å². The average Bonchev–Trinajstić information content (AvgIpc) is 2.89. The summed E-state index contributed by atoms with van der Waals surface area (Å²) in [6.07, 6.45) is 2.43. The van der Waals surface area contributed by atoms with E-state index in [9.17, 15) is 5.11 Å². The Labute approximate surface area is 115 Å². The minimum Gasteiger partial charge on any atom is -0.469 e. The summed E-state index contributed by atoms with van der Waals surface area (Å²) in [6.45, 7) is 2.52. The predicted molar refractivity (Wildman–Crippen MR) is 68.3 cm³/mol. The van der Waals surface area contributed by atoms with E-state index in [4.69, 9.17) is 14.2 Å². The summed E-state index contributed by atoms with van der Waals surface area (Å²) in [5, 5.41) is 10.5. The highest BCUT2D eigenvalue weighted by molar-refractivity contribution is 7.98. The fraction of sp³-hybridized carbons (Fsp3) is 0.667. The minimum atomic E-state index is -0.681. The van der Waals surface area contributed by atoms with Crippen LogP contribution in [0, 0.1) is 0 Å². The molecule has 7 heteroatoms. The highest BCUT2D eigenvalue weighted by Gasteiger charge is 2.57. The monoisotopic (exact) mass is 284 g/mol. The zero-order chi connectivity index (χ0) is 13.5. The Balaban J connectivity index is 1.74. The van der Waals surface area contributed by atoms with Crippen LogP contribution in [0.3, 0.4) is 0 Å². The lowest BCUT2D eigenvalue weighted by atomic mass is 9.95. The van der Waals surface area contributed by atoms with Crippen molar-refractivity contribution in [3.05, 3.63) is 12.3 Å². The molecule has 0 spiro atoms. The SMILES string of the molecule is CSc1nccc(O[C@H]2CO[C@@]3(C)[C@@H]2OC[C@@H]3O)n1. The summed E-state index contributed by atoms with van der Waals surface area (Å²) >= 11 is 1.46. The second-order valence-corrected chi connectivity index (χ2v) is 5.58. The topological polar surface area (TPSA) is 73.7 Å². The number of thioether (sulfide) groups is 1. The van der Waals surface area contributed by atoms with Gasteiger partial charge >= 0.3 is 0 Å². The van der Waals surface area contributed by atoms with E-state index in [0.29, 0.717) is 17.6 Å². The Morgan fingerprint density at radius 3 is 3.16 bits per heavy atom. The van der Waals surface area contributed by atoms with E-state index in [-0.39, 0.29) is 18.8 Å². The molecule has 0 unspecified atom stereocenters. The Morgan fingerprint density at radius 2 is 2.37 bits per heavy atom. The molecule has 0 saturated carbocycles. The van der Waals surface area contributed by atoms with Gasteiger partial charge in [0.05, 0.1) is 13.2 Å². The van der Waals surface area contributed by atoms with Crippen LogP contribution in [0.25, 0.3) is 0 Å². The lowest BCUT2D eigenvalue weighted by Crippen LogP contribution is -2.45. The quantitative estimate of drug-likeness (QED) is 0.639. The highest BCUT2D eigenvalue weighted by atomic mass is 32.2. The van der Waals surface area contributed by atoms with Gasteiger partial charge in [-0.05, 0) is 13.2 Å². The molecule has 2 fully saturated rings. The Hall–Kier alpha value is -0.890. The zero-order valence-corrected chi connectivity index (χ0v) is 11.6. The number of nitrogens with zero attached hydrogens (tertiary/aromatic N) is 2. The van der Waals surface area contributed by atoms with Crippen molar-refractivity contribution in [3.8, 4) is 5.88 Å². The molecule has 0 aliphatic carbocycles. The molecule has 2 saturated heterocycles. The van der Waals surface area contributed by atoms with Crippen molar-refractivity contribution in [2.45, 2.75) is 36.0 Å². The first kappa shape index (κ1) is 13.1. The Kier molecular flexibility index (Phi) is 3.38. The van der Waals surface area contributed by atoms with Gasteiger partial charge in [0.2, 0.25) is 5.88 Å². The maximum atomic E-state index is 9.89. The van der Waals surface area contributed by atoms with Gasteiger partial charge in [-0.15, -0.1) is 0 Å². The molecule has 1 aromatic heterocycles. The lowest BCUT2D eigenvalue weighted by Gasteiger charge is -2.25. The van der Waals surface area contributed by atoms with Crippen LogP contribution < -0.4 is 4.74 Å². The van der Waals surface area contributed by atoms with Crippen molar-refractivity contribution in [2.24, 2.45) is 0 Å². The van der Waals surface area contributed by atoms with E-state index in [2.05, 4.69) is 9.97 Å². The number of aromatic nitrogens is 2. The molecule has 2 aliphatic heterocycles. The summed E-state index contributed by atoms with van der Waals surface area (Å²) in [6, 6.07) is 1.71. The molecule has 0 amide bonds. The summed E-state index contributed by atoms with van der Waals surface area (Å²) in [5.74, 6) is 0.502. The van der Waals surface area contributed by atoms with Gasteiger partial charge in [-0.1, -0.05) is 11.8 Å². The third-order valence-electron chi connectivity index (χ3n) is 3.62. The number of fused-ring (bicyclic) bond motifs is 1. The molecule has 19 heavy (non-hydrogen) atoms. The zero-order valence-electron chi connectivity index (χ0n) is 10.8. The van der Waals surface area contributed by atoms with Crippen molar-refractivity contribution in [1.82, 2.24) is 9.97 Å². The lowest BCUT2D eigenvalue weighted by molar-refractivity contribution is -0.0621. The largest absolute Gasteiger partial charge is 0.469 e. The van der Waals surface area contributed by atoms with Gasteiger partial charge in [0.1, 0.15) is 17.8 Å². The number of aliphatic hydroxyl groups is 1. The number of ether oxygens (including phenoxy) is 3. The van der Waals surface area contributed by atoms with E-state index in [0.717, 1.165) is 0 Å². The van der Waals surface area contributed by atoms with Crippen molar-refractivity contribution >= 4 is 11.8 Å². The standard InChI is InChI=1S/C12H16N2O4S/c1-12-8(15)6-16-10(12)7(5-17-12)18-9-3-4-13-11(14-9)19-2/h3-4,7-8,10,15H,5-6H2,1-2H3/t7-,8-,10+,12+/m0/s1. The van der Waals surface area contributed by atoms with E-state index >= 15 is 0 Å². The van der Waals surface area contributed by atoms with Crippen molar-refractivity contribution in [1.29, 1.82) is 0 Å². The number of hydrogen-bond donors (Lipinski definition) is 1. The van der Waals surface area contributed by atoms with Gasteiger partial charge in [0.15, 0.2) is 11.3 Å². The molecule has 3 heterocycles. The van der Waals surface area contributed by atoms with Gasteiger partial charge in [0, 0.05) is 12.3 Å². The summed E-state index contributed by atoms with van der Waals surface area (Å²) in [5.41, 5.74) is -0.681. The van der Waals surface area contributed by atoms with Crippen molar-refractivity contribution in [2.75, 3.05) is 19.5 Å². The summed E-state index contributed by atoms with van der Waals surface area (Å²) in [4.78, 5) is 8.36. The third-order valence-corrected chi connectivity index (χ3v) is 4.18. The maximum Gasteiger partial charge on any atom is 0.217 e. The molecule has 3 rings (SSSR count). The molecule has 104 valence electrons. The molecule has 0 radical (unpaired) electrons. The molecule has 0 aromatic carbocycles. The molecule has 0 bridgehead atoms. The highest BCUT2D eigenvalue weighted by Crippen LogP contribution is 2.38. The van der Waals surface area contributed by atoms with Crippen LogP contribution in [0.2, 0.25) is 0 Å². The normalized spacial score (nSPS) is 37.3. The van der Waals surface area contributed by atoms with Crippen LogP contribution in [0.4, 0.5) is 0 Å². The molecular weight excluding hydrogens is 268 g/mol. The third kappa shape index (κ3) is 2.20. The molecule has 1 N–H and O–H groups in total. The second kappa shape index (κ2) is 4.90. The first-order chi connectivity index (χ1) is 9.13. The maximum absolute atomic E-state index is 9.89. The van der Waals surface area contributed by atoms with Crippen LogP contribution in [-0.4, -0.2) is 58.5 Å². The number of rotatable bonds is 3. The first-order valence-electron chi connectivity index (χ1n) is 6.11. The molecule has 2 aliphatic rings. The fourth-order valence-electron chi connectivity index (χ4n) is 2.46. The van der Waals surface area contributed by atoms with Crippen LogP contribution in [0.15, 0.2) is 17.4 Å². The smallest absolute Gasteiger partial charge is 0.217 e. The average molecular weight is 284 g/mol. The van der Waals surface area contributed by atoms with Gasteiger partial charge in [-0.25, -0.2) is 4.98 Å². The molecule has 4 atom stereocenters.